The average Bonchev–Trinajstić information content (AvgIpc) is 3.16. The predicted octanol–water partition coefficient (Wildman–Crippen LogP) is 0.760. The van der Waals surface area contributed by atoms with Gasteiger partial charge in [0.1, 0.15) is 12.8 Å². The number of nitrogens with one attached hydrogen (secondary N) is 2. The van der Waals surface area contributed by atoms with Crippen molar-refractivity contribution >= 4 is 29.2 Å². The first-order valence-corrected chi connectivity index (χ1v) is 8.31. The van der Waals surface area contributed by atoms with Gasteiger partial charge >= 0.3 is 12.0 Å². The lowest BCUT2D eigenvalue weighted by molar-refractivity contribution is -0.136. The van der Waals surface area contributed by atoms with E-state index in [0.29, 0.717) is 17.8 Å². The molecule has 3 aliphatic heterocycles. The Kier molecular flexibility index (Phi) is 3.15. The zero-order chi connectivity index (χ0) is 16.1. The number of urea groups is 1. The van der Waals surface area contributed by atoms with Gasteiger partial charge in [-0.3, -0.25) is 10.1 Å². The largest absolute Gasteiger partial charge is 0.456 e. The molecule has 23 heavy (non-hydrogen) atoms. The van der Waals surface area contributed by atoms with Gasteiger partial charge in [0, 0.05) is 17.3 Å². The Morgan fingerprint density at radius 3 is 2.91 bits per heavy atom. The first-order chi connectivity index (χ1) is 11.1. The number of hydrogen-bond donors (Lipinski definition) is 2. The monoisotopic (exact) mass is 333 g/mol. The summed E-state index contributed by atoms with van der Waals surface area (Å²) in [6, 6.07) is 3.39. The molecule has 3 atom stereocenters. The molecule has 0 saturated carbocycles. The van der Waals surface area contributed by atoms with E-state index < -0.39 is 30.0 Å². The van der Waals surface area contributed by atoms with Crippen LogP contribution in [0.4, 0.5) is 4.79 Å². The molecule has 0 spiro atoms. The summed E-state index contributed by atoms with van der Waals surface area (Å²) in [4.78, 5) is 39.3. The summed E-state index contributed by atoms with van der Waals surface area (Å²) >= 11 is 1.49. The fourth-order valence-electron chi connectivity index (χ4n) is 3.56. The van der Waals surface area contributed by atoms with Crippen LogP contribution in [0.15, 0.2) is 28.8 Å². The number of ether oxygens (including phenoxy) is 1. The molecule has 3 unspecified atom stereocenters. The van der Waals surface area contributed by atoms with Crippen LogP contribution < -0.4 is 10.6 Å². The van der Waals surface area contributed by atoms with E-state index in [1.54, 1.807) is 4.90 Å². The molecule has 120 valence electrons. The number of imide groups is 1. The molecule has 1 aromatic heterocycles. The number of cyclic esters (lactones) is 1. The molecule has 1 saturated heterocycles. The van der Waals surface area contributed by atoms with Gasteiger partial charge in [0.2, 0.25) is 5.91 Å². The Balaban J connectivity index is 1.86. The van der Waals surface area contributed by atoms with E-state index >= 15 is 0 Å². The summed E-state index contributed by atoms with van der Waals surface area (Å²) in [7, 11) is 0. The normalized spacial score (nSPS) is 29.7. The molecular formula is C15H15N3O4S. The topological polar surface area (TPSA) is 87.7 Å². The molecule has 2 N–H and O–H groups in total. The number of carbonyl (C=O) groups excluding carboxylic acids is 3. The Hall–Kier alpha value is -2.35. The molecule has 7 nitrogen and oxygen atoms in total. The Labute approximate surface area is 136 Å². The molecule has 0 bridgehead atoms. The molecule has 3 aliphatic rings. The van der Waals surface area contributed by atoms with Gasteiger partial charge in [0.15, 0.2) is 0 Å². The number of thiophene rings is 1. The lowest BCUT2D eigenvalue weighted by Gasteiger charge is -2.45. The van der Waals surface area contributed by atoms with E-state index in [4.69, 9.17) is 4.74 Å². The summed E-state index contributed by atoms with van der Waals surface area (Å²) < 4.78 is 5.16. The molecule has 1 fully saturated rings. The summed E-state index contributed by atoms with van der Waals surface area (Å²) in [6.07, 6.45) is -0.471. The van der Waals surface area contributed by atoms with Crippen LogP contribution in [0.1, 0.15) is 17.7 Å². The second-order valence-electron chi connectivity index (χ2n) is 5.66. The fourth-order valence-corrected chi connectivity index (χ4v) is 4.44. The van der Waals surface area contributed by atoms with Crippen molar-refractivity contribution in [2.45, 2.75) is 19.0 Å². The second kappa shape index (κ2) is 5.09. The number of rotatable bonds is 2. The van der Waals surface area contributed by atoms with Crippen LogP contribution in [0.2, 0.25) is 0 Å². The minimum absolute atomic E-state index is 0.159. The van der Waals surface area contributed by atoms with Gasteiger partial charge in [-0.15, -0.1) is 11.3 Å². The van der Waals surface area contributed by atoms with Gasteiger partial charge in [-0.05, 0) is 18.4 Å². The Morgan fingerprint density at radius 2 is 2.22 bits per heavy atom. The number of nitrogens with zero attached hydrogens (tertiary/aromatic N) is 1. The third-order valence-electron chi connectivity index (χ3n) is 4.54. The maximum Gasteiger partial charge on any atom is 0.336 e. The molecule has 8 heteroatoms. The molecule has 1 aromatic rings. The van der Waals surface area contributed by atoms with Crippen LogP contribution in [-0.2, 0) is 14.3 Å². The summed E-state index contributed by atoms with van der Waals surface area (Å²) in [5, 5.41) is 7.50. The Bertz CT molecular complexity index is 727. The van der Waals surface area contributed by atoms with Gasteiger partial charge in [-0.25, -0.2) is 9.59 Å². The molecule has 4 rings (SSSR count). The van der Waals surface area contributed by atoms with Crippen molar-refractivity contribution in [1.82, 2.24) is 15.5 Å². The van der Waals surface area contributed by atoms with E-state index in [9.17, 15) is 14.4 Å². The van der Waals surface area contributed by atoms with Gasteiger partial charge in [0.05, 0.1) is 17.2 Å². The van der Waals surface area contributed by atoms with Crippen molar-refractivity contribution in [3.8, 4) is 0 Å². The maximum atomic E-state index is 12.5. The maximum absolute atomic E-state index is 12.5. The summed E-state index contributed by atoms with van der Waals surface area (Å²) in [6.45, 7) is 2.48. The van der Waals surface area contributed by atoms with E-state index in [2.05, 4.69) is 10.6 Å². The van der Waals surface area contributed by atoms with Crippen molar-refractivity contribution in [3.05, 3.63) is 33.7 Å². The molecule has 4 heterocycles. The number of amides is 3. The number of hydrogen-bond acceptors (Lipinski definition) is 6. The van der Waals surface area contributed by atoms with Gasteiger partial charge in [-0.1, -0.05) is 6.07 Å². The van der Waals surface area contributed by atoms with Crippen molar-refractivity contribution in [3.63, 3.8) is 0 Å². The molecule has 3 amide bonds. The first-order valence-electron chi connectivity index (χ1n) is 7.43. The van der Waals surface area contributed by atoms with Gasteiger partial charge in [0.25, 0.3) is 0 Å². The predicted molar refractivity (Wildman–Crippen MR) is 81.4 cm³/mol. The first kappa shape index (κ1) is 14.3. The molecule has 0 radical (unpaired) electrons. The highest BCUT2D eigenvalue weighted by Crippen LogP contribution is 2.44. The highest BCUT2D eigenvalue weighted by molar-refractivity contribution is 7.10. The number of carbonyl (C=O) groups is 3. The molecular weight excluding hydrogens is 318 g/mol. The third kappa shape index (κ3) is 1.98. The SMILES string of the molecule is CCN1C(=O)NC(=O)C2C(c3cccs3)C3=C(COC3=O)NC21. The third-order valence-corrected chi connectivity index (χ3v) is 5.50. The highest BCUT2D eigenvalue weighted by Gasteiger charge is 2.53. The van der Waals surface area contributed by atoms with Crippen molar-refractivity contribution < 1.29 is 19.1 Å². The fraction of sp³-hybridized carbons (Fsp3) is 0.400. The van der Waals surface area contributed by atoms with E-state index in [0.717, 1.165) is 4.88 Å². The van der Waals surface area contributed by atoms with Crippen LogP contribution in [-0.4, -0.2) is 42.1 Å². The lowest BCUT2D eigenvalue weighted by atomic mass is 9.77. The van der Waals surface area contributed by atoms with E-state index in [-0.39, 0.29) is 12.5 Å². The zero-order valence-corrected chi connectivity index (χ0v) is 13.2. The van der Waals surface area contributed by atoms with Gasteiger partial charge in [-0.2, -0.15) is 0 Å². The average molecular weight is 333 g/mol. The zero-order valence-electron chi connectivity index (χ0n) is 12.4. The van der Waals surface area contributed by atoms with Crippen LogP contribution in [0.5, 0.6) is 0 Å². The molecule has 0 aromatic carbocycles. The van der Waals surface area contributed by atoms with Crippen LogP contribution in [0.3, 0.4) is 0 Å². The summed E-state index contributed by atoms with van der Waals surface area (Å²) in [5.41, 5.74) is 1.19. The lowest BCUT2D eigenvalue weighted by Crippen LogP contribution is -2.67. The second-order valence-corrected chi connectivity index (χ2v) is 6.64. The van der Waals surface area contributed by atoms with Crippen LogP contribution in [0, 0.1) is 5.92 Å². The van der Waals surface area contributed by atoms with E-state index in [1.807, 2.05) is 24.4 Å². The van der Waals surface area contributed by atoms with Crippen LogP contribution in [0.25, 0.3) is 0 Å². The van der Waals surface area contributed by atoms with Crippen molar-refractivity contribution in [1.29, 1.82) is 0 Å². The van der Waals surface area contributed by atoms with Crippen molar-refractivity contribution in [2.75, 3.05) is 13.2 Å². The van der Waals surface area contributed by atoms with E-state index in [1.165, 1.54) is 11.3 Å². The number of esters is 1. The van der Waals surface area contributed by atoms with Gasteiger partial charge < -0.3 is 15.0 Å². The standard InChI is InChI=1S/C15H15N3O4S/c1-2-18-12-11(13(19)17-15(18)21)10(8-4-3-5-23-8)9-7(16-12)6-22-14(9)20/h3-5,10-12,16H,2,6H2,1H3,(H,17,19,21). The minimum atomic E-state index is -0.560. The quantitative estimate of drug-likeness (QED) is 0.780. The highest BCUT2D eigenvalue weighted by atomic mass is 32.1. The molecule has 0 aliphatic carbocycles. The van der Waals surface area contributed by atoms with Crippen molar-refractivity contribution in [2.24, 2.45) is 5.92 Å². The van der Waals surface area contributed by atoms with Crippen LogP contribution >= 0.6 is 11.3 Å². The number of fused-ring (bicyclic) bond motifs is 1. The smallest absolute Gasteiger partial charge is 0.336 e. The minimum Gasteiger partial charge on any atom is -0.456 e. The Morgan fingerprint density at radius 1 is 1.39 bits per heavy atom. The summed E-state index contributed by atoms with van der Waals surface area (Å²) in [5.74, 6) is -1.71.